The molecule has 0 spiro atoms. The number of alkyl halides is 3. The summed E-state index contributed by atoms with van der Waals surface area (Å²) in [5.41, 5.74) is 2.51. The summed E-state index contributed by atoms with van der Waals surface area (Å²) in [4.78, 5) is 19.5. The Hall–Kier alpha value is -1.89. The summed E-state index contributed by atoms with van der Waals surface area (Å²) in [6, 6.07) is 4.54. The van der Waals surface area contributed by atoms with Gasteiger partial charge in [-0.05, 0) is 49.6 Å². The fourth-order valence-corrected chi connectivity index (χ4v) is 2.75. The molecule has 122 valence electrons. The second kappa shape index (κ2) is 6.70. The molecule has 0 fully saturated rings. The van der Waals surface area contributed by atoms with Crippen LogP contribution in [-0.2, 0) is 6.18 Å². The number of halogens is 3. The molecule has 0 aliphatic rings. The van der Waals surface area contributed by atoms with E-state index in [0.29, 0.717) is 5.56 Å². The van der Waals surface area contributed by atoms with Gasteiger partial charge in [-0.15, -0.1) is 0 Å². The van der Waals surface area contributed by atoms with E-state index in [4.69, 9.17) is 0 Å². The number of hydrogen-bond donors (Lipinski definition) is 0. The third-order valence-corrected chi connectivity index (χ3v) is 4.26. The van der Waals surface area contributed by atoms with Gasteiger partial charge < -0.3 is 0 Å². The summed E-state index contributed by atoms with van der Waals surface area (Å²) in [6.45, 7) is 5.71. The SMILES string of the molecule is Cc1cc(C)c(C(=O)CSc2nccc(C(F)(F)F)n2)cc1C. The van der Waals surface area contributed by atoms with E-state index in [1.165, 1.54) is 0 Å². The Labute approximate surface area is 136 Å². The van der Waals surface area contributed by atoms with E-state index in [9.17, 15) is 18.0 Å². The van der Waals surface area contributed by atoms with Gasteiger partial charge in [0.05, 0.1) is 5.75 Å². The Morgan fingerprint density at radius 2 is 1.78 bits per heavy atom. The summed E-state index contributed by atoms with van der Waals surface area (Å²) >= 11 is 0.901. The van der Waals surface area contributed by atoms with Crippen LogP contribution < -0.4 is 0 Å². The van der Waals surface area contributed by atoms with E-state index in [-0.39, 0.29) is 16.7 Å². The molecule has 0 atom stereocenters. The number of carbonyl (C=O) groups excluding carboxylic acids is 1. The minimum atomic E-state index is -4.52. The monoisotopic (exact) mass is 340 g/mol. The third-order valence-electron chi connectivity index (χ3n) is 3.40. The molecule has 23 heavy (non-hydrogen) atoms. The number of nitrogens with zero attached hydrogens (tertiary/aromatic N) is 2. The second-order valence-electron chi connectivity index (χ2n) is 5.19. The number of rotatable bonds is 4. The lowest BCUT2D eigenvalue weighted by atomic mass is 9.99. The molecule has 2 aromatic rings. The minimum Gasteiger partial charge on any atom is -0.293 e. The van der Waals surface area contributed by atoms with Gasteiger partial charge in [-0.25, -0.2) is 9.97 Å². The summed E-state index contributed by atoms with van der Waals surface area (Å²) < 4.78 is 37.8. The van der Waals surface area contributed by atoms with Crippen molar-refractivity contribution in [3.63, 3.8) is 0 Å². The van der Waals surface area contributed by atoms with Crippen LogP contribution in [0.1, 0.15) is 32.7 Å². The molecule has 0 saturated heterocycles. The molecule has 1 aromatic heterocycles. The first-order valence-electron chi connectivity index (χ1n) is 6.82. The quantitative estimate of drug-likeness (QED) is 0.470. The van der Waals surface area contributed by atoms with Crippen LogP contribution in [0.2, 0.25) is 0 Å². The summed E-state index contributed by atoms with van der Waals surface area (Å²) in [7, 11) is 0. The number of aromatic nitrogens is 2. The highest BCUT2D eigenvalue weighted by Gasteiger charge is 2.32. The Morgan fingerprint density at radius 1 is 1.13 bits per heavy atom. The van der Waals surface area contributed by atoms with Crippen molar-refractivity contribution < 1.29 is 18.0 Å². The topological polar surface area (TPSA) is 42.9 Å². The van der Waals surface area contributed by atoms with E-state index in [1.54, 1.807) is 6.07 Å². The number of Topliss-reactive ketones (excluding diaryl/α,β-unsaturated/α-hetero) is 1. The van der Waals surface area contributed by atoms with Gasteiger partial charge >= 0.3 is 6.18 Å². The maximum Gasteiger partial charge on any atom is 0.433 e. The zero-order chi connectivity index (χ0) is 17.2. The molecular weight excluding hydrogens is 325 g/mol. The van der Waals surface area contributed by atoms with Gasteiger partial charge in [0.25, 0.3) is 0 Å². The molecule has 0 amide bonds. The maximum atomic E-state index is 12.6. The van der Waals surface area contributed by atoms with Gasteiger partial charge in [0.1, 0.15) is 5.69 Å². The van der Waals surface area contributed by atoms with E-state index >= 15 is 0 Å². The van der Waals surface area contributed by atoms with Crippen LogP contribution in [0.5, 0.6) is 0 Å². The van der Waals surface area contributed by atoms with Crippen molar-refractivity contribution >= 4 is 17.5 Å². The molecule has 0 N–H and O–H groups in total. The van der Waals surface area contributed by atoms with Gasteiger partial charge in [0, 0.05) is 11.8 Å². The highest BCUT2D eigenvalue weighted by Crippen LogP contribution is 2.28. The Balaban J connectivity index is 2.12. The Morgan fingerprint density at radius 3 is 2.43 bits per heavy atom. The first-order valence-corrected chi connectivity index (χ1v) is 7.81. The lowest BCUT2D eigenvalue weighted by Crippen LogP contribution is -2.10. The molecule has 7 heteroatoms. The van der Waals surface area contributed by atoms with Crippen molar-refractivity contribution in [2.75, 3.05) is 5.75 Å². The molecule has 2 rings (SSSR count). The van der Waals surface area contributed by atoms with Crippen molar-refractivity contribution in [3.8, 4) is 0 Å². The Bertz CT molecular complexity index is 745. The van der Waals surface area contributed by atoms with Crippen LogP contribution in [0.4, 0.5) is 13.2 Å². The van der Waals surface area contributed by atoms with E-state index in [0.717, 1.165) is 40.7 Å². The normalized spacial score (nSPS) is 11.6. The molecule has 1 heterocycles. The summed E-state index contributed by atoms with van der Waals surface area (Å²) in [5, 5.41) is -0.0605. The molecule has 0 aliphatic heterocycles. The van der Waals surface area contributed by atoms with Gasteiger partial charge in [-0.2, -0.15) is 13.2 Å². The van der Waals surface area contributed by atoms with Crippen molar-refractivity contribution in [2.24, 2.45) is 0 Å². The van der Waals surface area contributed by atoms with Gasteiger partial charge in [-0.1, -0.05) is 17.8 Å². The molecule has 0 bridgehead atoms. The number of benzene rings is 1. The van der Waals surface area contributed by atoms with Crippen LogP contribution in [0.25, 0.3) is 0 Å². The van der Waals surface area contributed by atoms with E-state index < -0.39 is 11.9 Å². The predicted octanol–water partition coefficient (Wildman–Crippen LogP) is 4.40. The Kier molecular flexibility index (Phi) is 5.09. The predicted molar refractivity (Wildman–Crippen MR) is 82.7 cm³/mol. The van der Waals surface area contributed by atoms with Crippen LogP contribution in [0.3, 0.4) is 0 Å². The zero-order valence-electron chi connectivity index (χ0n) is 12.9. The van der Waals surface area contributed by atoms with Crippen LogP contribution >= 0.6 is 11.8 Å². The fourth-order valence-electron chi connectivity index (χ4n) is 2.04. The fraction of sp³-hybridized carbons (Fsp3) is 0.312. The molecule has 0 unspecified atom stereocenters. The number of aryl methyl sites for hydroxylation is 3. The van der Waals surface area contributed by atoms with Crippen LogP contribution in [-0.4, -0.2) is 21.5 Å². The smallest absolute Gasteiger partial charge is 0.293 e. The van der Waals surface area contributed by atoms with Crippen molar-refractivity contribution in [2.45, 2.75) is 32.1 Å². The highest BCUT2D eigenvalue weighted by molar-refractivity contribution is 7.99. The summed E-state index contributed by atoms with van der Waals surface area (Å²) in [5.74, 6) is -0.165. The summed E-state index contributed by atoms with van der Waals surface area (Å²) in [6.07, 6.45) is -3.48. The lowest BCUT2D eigenvalue weighted by molar-refractivity contribution is -0.141. The molecule has 0 saturated carbocycles. The second-order valence-corrected chi connectivity index (χ2v) is 6.13. The van der Waals surface area contributed by atoms with Crippen molar-refractivity contribution in [3.05, 3.63) is 52.3 Å². The van der Waals surface area contributed by atoms with E-state index in [1.807, 2.05) is 26.8 Å². The number of thioether (sulfide) groups is 1. The van der Waals surface area contributed by atoms with Gasteiger partial charge in [0.15, 0.2) is 10.9 Å². The van der Waals surface area contributed by atoms with Gasteiger partial charge in [-0.3, -0.25) is 4.79 Å². The third kappa shape index (κ3) is 4.31. The van der Waals surface area contributed by atoms with Crippen LogP contribution in [0.15, 0.2) is 29.6 Å². The average Bonchev–Trinajstić information content (AvgIpc) is 2.48. The van der Waals surface area contributed by atoms with Gasteiger partial charge in [0.2, 0.25) is 0 Å². The minimum absolute atomic E-state index is 0.00927. The van der Waals surface area contributed by atoms with E-state index in [2.05, 4.69) is 9.97 Å². The first-order chi connectivity index (χ1) is 10.7. The average molecular weight is 340 g/mol. The highest BCUT2D eigenvalue weighted by atomic mass is 32.2. The largest absolute Gasteiger partial charge is 0.433 e. The maximum absolute atomic E-state index is 12.6. The number of hydrogen-bond acceptors (Lipinski definition) is 4. The number of carbonyl (C=O) groups is 1. The zero-order valence-corrected chi connectivity index (χ0v) is 13.7. The standard InChI is InChI=1S/C16H15F3N2OS/c1-9-6-11(3)12(7-10(9)2)13(22)8-23-15-20-5-4-14(21-15)16(17,18)19/h4-7H,8H2,1-3H3. The van der Waals surface area contributed by atoms with Crippen molar-refractivity contribution in [1.82, 2.24) is 9.97 Å². The first kappa shape index (κ1) is 17.5. The van der Waals surface area contributed by atoms with Crippen LogP contribution in [0, 0.1) is 20.8 Å². The molecule has 3 nitrogen and oxygen atoms in total. The molecule has 0 aliphatic carbocycles. The molecule has 0 radical (unpaired) electrons. The van der Waals surface area contributed by atoms with Crippen molar-refractivity contribution in [1.29, 1.82) is 0 Å². The number of ketones is 1. The lowest BCUT2D eigenvalue weighted by Gasteiger charge is -2.09. The molecule has 1 aromatic carbocycles. The molecular formula is C16H15F3N2OS.